The zero-order valence-electron chi connectivity index (χ0n) is 14.4. The summed E-state index contributed by atoms with van der Waals surface area (Å²) in [6, 6.07) is 7.88. The number of hydrogen-bond acceptors (Lipinski definition) is 5. The number of hydrogen-bond donors (Lipinski definition) is 0. The summed E-state index contributed by atoms with van der Waals surface area (Å²) in [5.74, 6) is 2.33. The lowest BCUT2D eigenvalue weighted by atomic mass is 9.95. The number of amides is 1. The highest BCUT2D eigenvalue weighted by Gasteiger charge is 2.28. The van der Waals surface area contributed by atoms with E-state index in [1.165, 1.54) is 0 Å². The summed E-state index contributed by atoms with van der Waals surface area (Å²) < 4.78 is 10.9. The molecule has 2 aromatic rings. The van der Waals surface area contributed by atoms with Crippen LogP contribution in [0.3, 0.4) is 0 Å². The molecule has 0 bridgehead atoms. The van der Waals surface area contributed by atoms with Crippen molar-refractivity contribution >= 4 is 5.91 Å². The quantitative estimate of drug-likeness (QED) is 0.843. The van der Waals surface area contributed by atoms with Gasteiger partial charge in [0.05, 0.1) is 5.92 Å². The Labute approximate surface area is 141 Å². The summed E-state index contributed by atoms with van der Waals surface area (Å²) in [6.07, 6.45) is 1.31. The molecule has 0 aliphatic carbocycles. The number of benzene rings is 1. The third-order valence-corrected chi connectivity index (χ3v) is 4.25. The van der Waals surface area contributed by atoms with Crippen LogP contribution >= 0.6 is 0 Å². The van der Waals surface area contributed by atoms with Crippen molar-refractivity contribution in [2.75, 3.05) is 20.2 Å². The first kappa shape index (κ1) is 16.5. The average molecular weight is 329 g/mol. The van der Waals surface area contributed by atoms with Crippen LogP contribution in [0.25, 0.3) is 0 Å². The molecule has 0 unspecified atom stereocenters. The average Bonchev–Trinajstić information content (AvgIpc) is 3.08. The summed E-state index contributed by atoms with van der Waals surface area (Å²) in [5.41, 5.74) is 1.09. The van der Waals surface area contributed by atoms with E-state index in [0.717, 1.165) is 17.7 Å². The Bertz CT molecular complexity index is 711. The Balaban J connectivity index is 1.55. The van der Waals surface area contributed by atoms with Gasteiger partial charge in [-0.05, 0) is 18.1 Å². The van der Waals surface area contributed by atoms with Crippen molar-refractivity contribution in [1.82, 2.24) is 15.0 Å². The Morgan fingerprint density at radius 2 is 2.17 bits per heavy atom. The number of fused-ring (bicyclic) bond motifs is 1. The van der Waals surface area contributed by atoms with Gasteiger partial charge in [0.2, 0.25) is 11.8 Å². The lowest BCUT2D eigenvalue weighted by Gasteiger charge is -2.28. The van der Waals surface area contributed by atoms with Gasteiger partial charge in [0.15, 0.2) is 5.82 Å². The van der Waals surface area contributed by atoms with Gasteiger partial charge in [0.25, 0.3) is 0 Å². The van der Waals surface area contributed by atoms with Gasteiger partial charge in [0.1, 0.15) is 12.4 Å². The van der Waals surface area contributed by atoms with Crippen LogP contribution in [-0.4, -0.2) is 41.1 Å². The molecule has 128 valence electrons. The van der Waals surface area contributed by atoms with Crippen LogP contribution in [0.4, 0.5) is 0 Å². The van der Waals surface area contributed by atoms with E-state index in [-0.39, 0.29) is 17.7 Å². The third-order valence-electron chi connectivity index (χ3n) is 4.25. The molecule has 2 heterocycles. The molecule has 0 N–H and O–H groups in total. The smallest absolute Gasteiger partial charge is 0.229 e. The van der Waals surface area contributed by atoms with Crippen LogP contribution in [-0.2, 0) is 17.6 Å². The monoisotopic (exact) mass is 329 g/mol. The molecule has 1 aliphatic rings. The molecule has 1 aliphatic heterocycles. The highest BCUT2D eigenvalue weighted by atomic mass is 16.5. The Hall–Kier alpha value is -2.37. The molecular formula is C18H23N3O3. The summed E-state index contributed by atoms with van der Waals surface area (Å²) in [7, 11) is 1.81. The lowest BCUT2D eigenvalue weighted by Crippen LogP contribution is -2.39. The van der Waals surface area contributed by atoms with Crippen molar-refractivity contribution in [1.29, 1.82) is 0 Å². The molecule has 1 aromatic carbocycles. The molecule has 1 amide bonds. The highest BCUT2D eigenvalue weighted by Crippen LogP contribution is 2.27. The van der Waals surface area contributed by atoms with Crippen LogP contribution in [0.1, 0.15) is 37.0 Å². The van der Waals surface area contributed by atoms with Gasteiger partial charge in [-0.2, -0.15) is 4.98 Å². The molecule has 3 rings (SSSR count). The van der Waals surface area contributed by atoms with Gasteiger partial charge in [-0.25, -0.2) is 0 Å². The number of aromatic nitrogens is 2. The second-order valence-electron chi connectivity index (χ2n) is 6.53. The Morgan fingerprint density at radius 1 is 1.38 bits per heavy atom. The zero-order chi connectivity index (χ0) is 17.1. The lowest BCUT2D eigenvalue weighted by molar-refractivity contribution is -0.135. The fraction of sp³-hybridized carbons (Fsp3) is 0.500. The number of nitrogens with zero attached hydrogens (tertiary/aromatic N) is 3. The maximum Gasteiger partial charge on any atom is 0.229 e. The predicted octanol–water partition coefficient (Wildman–Crippen LogP) is 2.45. The van der Waals surface area contributed by atoms with E-state index in [9.17, 15) is 4.79 Å². The molecule has 1 aromatic heterocycles. The SMILES string of the molecule is CC(C)c1nc(CCN(C)C(=O)[C@@H]2COc3ccccc3C2)no1. The minimum Gasteiger partial charge on any atom is -0.492 e. The molecule has 6 heteroatoms. The van der Waals surface area contributed by atoms with E-state index in [0.29, 0.717) is 31.3 Å². The minimum atomic E-state index is -0.138. The topological polar surface area (TPSA) is 68.5 Å². The molecule has 24 heavy (non-hydrogen) atoms. The van der Waals surface area contributed by atoms with Crippen molar-refractivity contribution in [2.45, 2.75) is 32.6 Å². The van der Waals surface area contributed by atoms with Crippen molar-refractivity contribution in [3.05, 3.63) is 41.5 Å². The van der Waals surface area contributed by atoms with Crippen molar-refractivity contribution in [2.24, 2.45) is 5.92 Å². The van der Waals surface area contributed by atoms with E-state index in [2.05, 4.69) is 10.1 Å². The third kappa shape index (κ3) is 3.58. The van der Waals surface area contributed by atoms with Crippen LogP contribution < -0.4 is 4.74 Å². The summed E-state index contributed by atoms with van der Waals surface area (Å²) in [4.78, 5) is 18.7. The Morgan fingerprint density at radius 3 is 2.92 bits per heavy atom. The van der Waals surface area contributed by atoms with E-state index in [1.54, 1.807) is 4.90 Å². The van der Waals surface area contributed by atoms with Gasteiger partial charge in [-0.1, -0.05) is 37.2 Å². The summed E-state index contributed by atoms with van der Waals surface area (Å²) in [6.45, 7) is 5.01. The fourth-order valence-electron chi connectivity index (χ4n) is 2.78. The van der Waals surface area contributed by atoms with Gasteiger partial charge in [0, 0.05) is 25.9 Å². The van der Waals surface area contributed by atoms with Gasteiger partial charge in [-0.3, -0.25) is 4.79 Å². The molecule has 0 spiro atoms. The first-order chi connectivity index (χ1) is 11.5. The molecule has 1 atom stereocenters. The first-order valence-corrected chi connectivity index (χ1v) is 8.32. The van der Waals surface area contributed by atoms with Crippen LogP contribution in [0.5, 0.6) is 5.75 Å². The molecule has 6 nitrogen and oxygen atoms in total. The van der Waals surface area contributed by atoms with Crippen LogP contribution in [0.2, 0.25) is 0 Å². The number of carbonyl (C=O) groups excluding carboxylic acids is 1. The second-order valence-corrected chi connectivity index (χ2v) is 6.53. The highest BCUT2D eigenvalue weighted by molar-refractivity contribution is 5.79. The van der Waals surface area contributed by atoms with E-state index in [4.69, 9.17) is 9.26 Å². The normalized spacial score (nSPS) is 16.6. The molecule has 0 radical (unpaired) electrons. The second kappa shape index (κ2) is 7.03. The standard InChI is InChI=1S/C18H23N3O3/c1-12(2)17-19-16(20-24-17)8-9-21(3)18(22)14-10-13-6-4-5-7-15(13)23-11-14/h4-7,12,14H,8-11H2,1-3H3/t14-/m0/s1. The van der Waals surface area contributed by atoms with Gasteiger partial charge < -0.3 is 14.2 Å². The van der Waals surface area contributed by atoms with Crippen molar-refractivity contribution < 1.29 is 14.1 Å². The minimum absolute atomic E-state index is 0.0945. The molecular weight excluding hydrogens is 306 g/mol. The van der Waals surface area contributed by atoms with E-state index >= 15 is 0 Å². The summed E-state index contributed by atoms with van der Waals surface area (Å²) in [5, 5.41) is 3.96. The first-order valence-electron chi connectivity index (χ1n) is 8.32. The number of rotatable bonds is 5. The molecule has 0 saturated carbocycles. The van der Waals surface area contributed by atoms with E-state index in [1.807, 2.05) is 45.2 Å². The van der Waals surface area contributed by atoms with Crippen molar-refractivity contribution in [3.63, 3.8) is 0 Å². The molecule has 0 fully saturated rings. The van der Waals surface area contributed by atoms with Crippen molar-refractivity contribution in [3.8, 4) is 5.75 Å². The van der Waals surface area contributed by atoms with Gasteiger partial charge in [-0.15, -0.1) is 0 Å². The van der Waals surface area contributed by atoms with Gasteiger partial charge >= 0.3 is 0 Å². The number of likely N-dealkylation sites (N-methyl/N-ethyl adjacent to an activating group) is 1. The number of ether oxygens (including phenoxy) is 1. The maximum atomic E-state index is 12.6. The van der Waals surface area contributed by atoms with Crippen LogP contribution in [0.15, 0.2) is 28.8 Å². The van der Waals surface area contributed by atoms with E-state index < -0.39 is 0 Å². The predicted molar refractivity (Wildman–Crippen MR) is 88.9 cm³/mol. The summed E-state index contributed by atoms with van der Waals surface area (Å²) >= 11 is 0. The number of carbonyl (C=O) groups is 1. The maximum absolute atomic E-state index is 12.6. The Kier molecular flexibility index (Phi) is 4.83. The zero-order valence-corrected chi connectivity index (χ0v) is 14.4. The fourth-order valence-corrected chi connectivity index (χ4v) is 2.78. The largest absolute Gasteiger partial charge is 0.492 e. The number of para-hydroxylation sites is 1. The molecule has 0 saturated heterocycles. The van der Waals surface area contributed by atoms with Crippen LogP contribution in [0, 0.1) is 5.92 Å².